The third-order valence-electron chi connectivity index (χ3n) is 7.05. The Morgan fingerprint density at radius 2 is 1.42 bits per heavy atom. The predicted octanol–water partition coefficient (Wildman–Crippen LogP) is 7.78. The molecule has 0 saturated heterocycles. The summed E-state index contributed by atoms with van der Waals surface area (Å²) in [7, 11) is 0. The van der Waals surface area contributed by atoms with E-state index >= 15 is 0 Å². The van der Waals surface area contributed by atoms with Crippen LogP contribution in [-0.2, 0) is 6.61 Å². The Morgan fingerprint density at radius 3 is 1.97 bits per heavy atom. The molecule has 0 aromatic heterocycles. The predicted molar refractivity (Wildman–Crippen MR) is 125 cm³/mol. The van der Waals surface area contributed by atoms with E-state index in [2.05, 4.69) is 6.92 Å². The highest BCUT2D eigenvalue weighted by molar-refractivity contribution is 5.66. The average Bonchev–Trinajstić information content (AvgIpc) is 2.86. The summed E-state index contributed by atoms with van der Waals surface area (Å²) < 4.78 is 89.1. The molecule has 1 aliphatic rings. The maximum Gasteiger partial charge on any atom is 0.194 e. The molecular formula is C28H27F6NO. The van der Waals surface area contributed by atoms with Crippen molar-refractivity contribution in [2.75, 3.05) is 0 Å². The van der Waals surface area contributed by atoms with E-state index in [9.17, 15) is 26.3 Å². The molecule has 8 heteroatoms. The Balaban J connectivity index is 1.48. The number of rotatable bonds is 7. The van der Waals surface area contributed by atoms with Crippen LogP contribution in [0, 0.1) is 40.8 Å². The van der Waals surface area contributed by atoms with Gasteiger partial charge in [-0.05, 0) is 91.0 Å². The molecule has 0 radical (unpaired) electrons. The summed E-state index contributed by atoms with van der Waals surface area (Å²) in [6.45, 7) is 1.47. The van der Waals surface area contributed by atoms with Gasteiger partial charge in [0.15, 0.2) is 34.8 Å². The molecule has 0 heterocycles. The molecule has 192 valence electrons. The zero-order valence-corrected chi connectivity index (χ0v) is 19.8. The van der Waals surface area contributed by atoms with Gasteiger partial charge in [0.1, 0.15) is 12.4 Å². The van der Waals surface area contributed by atoms with Gasteiger partial charge < -0.3 is 10.5 Å². The number of ether oxygens (including phenoxy) is 1. The Kier molecular flexibility index (Phi) is 7.93. The first-order chi connectivity index (χ1) is 17.2. The molecule has 0 spiro atoms. The second-order valence-corrected chi connectivity index (χ2v) is 9.35. The van der Waals surface area contributed by atoms with Gasteiger partial charge in [-0.25, -0.2) is 26.3 Å². The fraction of sp³-hybridized carbons (Fsp3) is 0.357. The molecule has 1 aliphatic carbocycles. The minimum atomic E-state index is -1.65. The van der Waals surface area contributed by atoms with Gasteiger partial charge in [-0.15, -0.1) is 0 Å². The first-order valence-electron chi connectivity index (χ1n) is 12.0. The Morgan fingerprint density at radius 1 is 0.806 bits per heavy atom. The fourth-order valence-electron chi connectivity index (χ4n) is 4.93. The number of benzene rings is 3. The largest absolute Gasteiger partial charge is 0.483 e. The average molecular weight is 508 g/mol. The van der Waals surface area contributed by atoms with E-state index in [4.69, 9.17) is 10.5 Å². The first kappa shape index (κ1) is 26.1. The van der Waals surface area contributed by atoms with Crippen molar-refractivity contribution in [3.05, 3.63) is 88.5 Å². The Labute approximate surface area is 206 Å². The summed E-state index contributed by atoms with van der Waals surface area (Å²) >= 11 is 0. The standard InChI is InChI=1S/C28H27F6NO/c1-2-26(35)17-5-3-16(4-6-17)18-7-8-20(21(29)11-18)19-12-24(32)28(25(33)13-19)36-14-15-9-22(30)27(34)23(31)10-15/h7-13,16-17,26H,2-6,14,35H2,1H3. The van der Waals surface area contributed by atoms with E-state index in [0.29, 0.717) is 18.1 Å². The third-order valence-corrected chi connectivity index (χ3v) is 7.05. The van der Waals surface area contributed by atoms with Gasteiger partial charge in [0, 0.05) is 11.6 Å². The molecule has 1 fully saturated rings. The second kappa shape index (κ2) is 10.9. The van der Waals surface area contributed by atoms with Crippen molar-refractivity contribution in [2.24, 2.45) is 11.7 Å². The summed E-state index contributed by atoms with van der Waals surface area (Å²) in [5.41, 5.74) is 6.88. The quantitative estimate of drug-likeness (QED) is 0.262. The van der Waals surface area contributed by atoms with E-state index in [1.807, 2.05) is 0 Å². The van der Waals surface area contributed by atoms with Crippen molar-refractivity contribution < 1.29 is 31.1 Å². The van der Waals surface area contributed by atoms with Crippen LogP contribution >= 0.6 is 0 Å². The minimum absolute atomic E-state index is 0.0158. The molecule has 1 unspecified atom stereocenters. The summed E-state index contributed by atoms with van der Waals surface area (Å²) in [4.78, 5) is 0. The lowest BCUT2D eigenvalue weighted by molar-refractivity contribution is 0.272. The van der Waals surface area contributed by atoms with E-state index < -0.39 is 47.3 Å². The summed E-state index contributed by atoms with van der Waals surface area (Å²) in [6, 6.07) is 8.08. The van der Waals surface area contributed by atoms with Crippen molar-refractivity contribution >= 4 is 0 Å². The van der Waals surface area contributed by atoms with Gasteiger partial charge in [0.2, 0.25) is 0 Å². The number of halogens is 6. The lowest BCUT2D eigenvalue weighted by Gasteiger charge is -2.32. The van der Waals surface area contributed by atoms with Crippen molar-refractivity contribution in [1.82, 2.24) is 0 Å². The SMILES string of the molecule is CCC(N)C1CCC(c2ccc(-c3cc(F)c(OCc4cc(F)c(F)c(F)c4)c(F)c3)c(F)c2)CC1. The third kappa shape index (κ3) is 5.53. The Bertz CT molecular complexity index is 1190. The van der Waals surface area contributed by atoms with Gasteiger partial charge in [0.05, 0.1) is 0 Å². The molecule has 36 heavy (non-hydrogen) atoms. The molecular weight excluding hydrogens is 480 g/mol. The maximum atomic E-state index is 15.0. The normalized spacial score (nSPS) is 18.8. The highest BCUT2D eigenvalue weighted by Gasteiger charge is 2.26. The van der Waals surface area contributed by atoms with Gasteiger partial charge in [-0.2, -0.15) is 0 Å². The molecule has 3 aromatic rings. The zero-order valence-electron chi connectivity index (χ0n) is 19.8. The van der Waals surface area contributed by atoms with Crippen LogP contribution in [0.15, 0.2) is 42.5 Å². The van der Waals surface area contributed by atoms with Crippen LogP contribution in [0.5, 0.6) is 5.75 Å². The molecule has 1 atom stereocenters. The van der Waals surface area contributed by atoms with Crippen LogP contribution in [0.4, 0.5) is 26.3 Å². The summed E-state index contributed by atoms with van der Waals surface area (Å²) in [5.74, 6) is -7.45. The van der Waals surface area contributed by atoms with E-state index in [1.165, 1.54) is 12.1 Å². The van der Waals surface area contributed by atoms with Crippen molar-refractivity contribution in [2.45, 2.75) is 57.6 Å². The first-order valence-corrected chi connectivity index (χ1v) is 12.0. The van der Waals surface area contributed by atoms with Crippen molar-refractivity contribution in [3.8, 4) is 16.9 Å². The summed E-state index contributed by atoms with van der Waals surface area (Å²) in [6.07, 6.45) is 4.72. The molecule has 3 aromatic carbocycles. The molecule has 4 rings (SSSR count). The van der Waals surface area contributed by atoms with Gasteiger partial charge >= 0.3 is 0 Å². The van der Waals surface area contributed by atoms with Crippen LogP contribution < -0.4 is 10.5 Å². The fourth-order valence-corrected chi connectivity index (χ4v) is 4.93. The van der Waals surface area contributed by atoms with E-state index in [-0.39, 0.29) is 28.7 Å². The van der Waals surface area contributed by atoms with Crippen LogP contribution in [0.1, 0.15) is 56.1 Å². The monoisotopic (exact) mass is 507 g/mol. The van der Waals surface area contributed by atoms with Gasteiger partial charge in [0.25, 0.3) is 0 Å². The van der Waals surface area contributed by atoms with Crippen molar-refractivity contribution in [1.29, 1.82) is 0 Å². The maximum absolute atomic E-state index is 15.0. The van der Waals surface area contributed by atoms with Crippen LogP contribution in [0.25, 0.3) is 11.1 Å². The molecule has 0 bridgehead atoms. The highest BCUT2D eigenvalue weighted by Crippen LogP contribution is 2.39. The minimum Gasteiger partial charge on any atom is -0.483 e. The van der Waals surface area contributed by atoms with Gasteiger partial charge in [-0.1, -0.05) is 19.1 Å². The summed E-state index contributed by atoms with van der Waals surface area (Å²) in [5, 5.41) is 0. The molecule has 1 saturated carbocycles. The van der Waals surface area contributed by atoms with E-state index in [0.717, 1.165) is 49.8 Å². The topological polar surface area (TPSA) is 35.2 Å². The van der Waals surface area contributed by atoms with Crippen LogP contribution in [0.3, 0.4) is 0 Å². The smallest absolute Gasteiger partial charge is 0.194 e. The number of nitrogens with two attached hydrogens (primary N) is 1. The van der Waals surface area contributed by atoms with Crippen LogP contribution in [-0.4, -0.2) is 6.04 Å². The Hall–Kier alpha value is -3.00. The second-order valence-electron chi connectivity index (χ2n) is 9.35. The van der Waals surface area contributed by atoms with E-state index in [1.54, 1.807) is 6.07 Å². The van der Waals surface area contributed by atoms with Gasteiger partial charge in [-0.3, -0.25) is 0 Å². The lowest BCUT2D eigenvalue weighted by Crippen LogP contribution is -2.32. The zero-order chi connectivity index (χ0) is 26.0. The molecule has 0 amide bonds. The van der Waals surface area contributed by atoms with Crippen LogP contribution in [0.2, 0.25) is 0 Å². The lowest BCUT2D eigenvalue weighted by atomic mass is 9.75. The number of hydrogen-bond acceptors (Lipinski definition) is 2. The molecule has 0 aliphatic heterocycles. The molecule has 2 N–H and O–H groups in total. The molecule has 2 nitrogen and oxygen atoms in total. The number of hydrogen-bond donors (Lipinski definition) is 1. The highest BCUT2D eigenvalue weighted by atomic mass is 19.2. The van der Waals surface area contributed by atoms with Crippen molar-refractivity contribution in [3.63, 3.8) is 0 Å².